The van der Waals surface area contributed by atoms with Crippen molar-refractivity contribution in [1.82, 2.24) is 4.72 Å². The Morgan fingerprint density at radius 2 is 1.87 bits per heavy atom. The van der Waals surface area contributed by atoms with Gasteiger partial charge >= 0.3 is 5.91 Å². The third-order valence-electron chi connectivity index (χ3n) is 3.79. The highest BCUT2D eigenvalue weighted by molar-refractivity contribution is 7.90. The highest BCUT2D eigenvalue weighted by Crippen LogP contribution is 2.29. The SMILES string of the molecule is Cc1c(C(=O)NS(=O)(=O)c2ccccc2)oc2c1C(=O)CCC2. The number of rotatable bonds is 3. The van der Waals surface area contributed by atoms with Crippen LogP contribution >= 0.6 is 0 Å². The molecule has 1 aromatic heterocycles. The molecule has 0 unspecified atom stereocenters. The lowest BCUT2D eigenvalue weighted by Gasteiger charge is -2.07. The smallest absolute Gasteiger partial charge is 0.300 e. The van der Waals surface area contributed by atoms with Gasteiger partial charge in [-0.25, -0.2) is 13.1 Å². The Kier molecular flexibility index (Phi) is 3.81. The van der Waals surface area contributed by atoms with E-state index in [4.69, 9.17) is 4.42 Å². The maximum Gasteiger partial charge on any atom is 0.300 e. The maximum absolute atomic E-state index is 12.3. The van der Waals surface area contributed by atoms with Gasteiger partial charge in [0, 0.05) is 18.4 Å². The number of hydrogen-bond donors (Lipinski definition) is 1. The van der Waals surface area contributed by atoms with Gasteiger partial charge in [-0.3, -0.25) is 9.59 Å². The largest absolute Gasteiger partial charge is 0.455 e. The number of carbonyl (C=O) groups excluding carboxylic acids is 2. The van der Waals surface area contributed by atoms with Gasteiger partial charge in [0.25, 0.3) is 10.0 Å². The van der Waals surface area contributed by atoms with Crippen LogP contribution in [0.3, 0.4) is 0 Å². The molecule has 0 aliphatic heterocycles. The first-order valence-corrected chi connectivity index (χ1v) is 8.66. The molecule has 7 heteroatoms. The summed E-state index contributed by atoms with van der Waals surface area (Å²) in [5.41, 5.74) is 0.809. The number of sulfonamides is 1. The summed E-state index contributed by atoms with van der Waals surface area (Å²) in [4.78, 5) is 24.2. The van der Waals surface area contributed by atoms with E-state index in [0.717, 1.165) is 0 Å². The number of nitrogens with one attached hydrogen (secondary N) is 1. The lowest BCUT2D eigenvalue weighted by atomic mass is 9.94. The second-order valence-corrected chi connectivity index (χ2v) is 7.06. The van der Waals surface area contributed by atoms with Crippen molar-refractivity contribution in [2.75, 3.05) is 0 Å². The molecule has 0 radical (unpaired) electrons. The number of ketones is 1. The van der Waals surface area contributed by atoms with E-state index in [1.54, 1.807) is 25.1 Å². The lowest BCUT2D eigenvalue weighted by Crippen LogP contribution is -2.30. The summed E-state index contributed by atoms with van der Waals surface area (Å²) in [6.45, 7) is 1.59. The number of furan rings is 1. The monoisotopic (exact) mass is 333 g/mol. The van der Waals surface area contributed by atoms with E-state index < -0.39 is 15.9 Å². The molecule has 0 saturated carbocycles. The van der Waals surface area contributed by atoms with Crippen molar-refractivity contribution in [1.29, 1.82) is 0 Å². The Morgan fingerprint density at radius 3 is 2.52 bits per heavy atom. The van der Waals surface area contributed by atoms with E-state index in [-0.39, 0.29) is 16.4 Å². The van der Waals surface area contributed by atoms with Crippen LogP contribution in [0.5, 0.6) is 0 Å². The molecule has 0 fully saturated rings. The first kappa shape index (κ1) is 15.5. The minimum absolute atomic E-state index is 0.0154. The third kappa shape index (κ3) is 2.79. The van der Waals surface area contributed by atoms with Gasteiger partial charge in [0.1, 0.15) is 5.76 Å². The molecule has 2 aromatic rings. The van der Waals surface area contributed by atoms with Gasteiger partial charge in [0.05, 0.1) is 10.5 Å². The Balaban J connectivity index is 1.92. The fourth-order valence-electron chi connectivity index (χ4n) is 2.69. The van der Waals surface area contributed by atoms with Crippen LogP contribution in [-0.4, -0.2) is 20.1 Å². The number of carbonyl (C=O) groups is 2. The Labute approximate surface area is 133 Å². The molecule has 0 bridgehead atoms. The van der Waals surface area contributed by atoms with Crippen LogP contribution in [0.15, 0.2) is 39.6 Å². The van der Waals surface area contributed by atoms with Gasteiger partial charge in [0.2, 0.25) is 0 Å². The second kappa shape index (κ2) is 5.66. The van der Waals surface area contributed by atoms with Crippen LogP contribution in [0, 0.1) is 6.92 Å². The molecule has 1 aromatic carbocycles. The molecule has 1 amide bonds. The second-order valence-electron chi connectivity index (χ2n) is 5.38. The Hall–Kier alpha value is -2.41. The van der Waals surface area contributed by atoms with Crippen LogP contribution < -0.4 is 4.72 Å². The zero-order valence-electron chi connectivity index (χ0n) is 12.5. The van der Waals surface area contributed by atoms with Gasteiger partial charge in [-0.1, -0.05) is 18.2 Å². The van der Waals surface area contributed by atoms with Crippen LogP contribution in [-0.2, 0) is 16.4 Å². The number of benzene rings is 1. The fraction of sp³-hybridized carbons (Fsp3) is 0.250. The Morgan fingerprint density at radius 1 is 1.17 bits per heavy atom. The summed E-state index contributed by atoms with van der Waals surface area (Å²) in [7, 11) is -3.98. The van der Waals surface area contributed by atoms with E-state index in [1.807, 2.05) is 4.72 Å². The topological polar surface area (TPSA) is 93.4 Å². The van der Waals surface area contributed by atoms with Crippen molar-refractivity contribution in [2.45, 2.75) is 31.1 Å². The normalized spacial score (nSPS) is 14.4. The molecule has 1 aliphatic rings. The lowest BCUT2D eigenvalue weighted by molar-refractivity contribution is 0.0944. The predicted octanol–water partition coefficient (Wildman–Crippen LogP) is 2.23. The van der Waals surface area contributed by atoms with Gasteiger partial charge < -0.3 is 4.42 Å². The van der Waals surface area contributed by atoms with Crippen LogP contribution in [0.1, 0.15) is 45.1 Å². The molecular weight excluding hydrogens is 318 g/mol. The van der Waals surface area contributed by atoms with Crippen molar-refractivity contribution in [3.63, 3.8) is 0 Å². The summed E-state index contributed by atoms with van der Waals surface area (Å²) in [5, 5.41) is 0. The molecule has 120 valence electrons. The number of hydrogen-bond acceptors (Lipinski definition) is 5. The summed E-state index contributed by atoms with van der Waals surface area (Å²) in [6.07, 6.45) is 1.65. The molecular formula is C16H15NO5S. The summed E-state index contributed by atoms with van der Waals surface area (Å²) < 4.78 is 31.8. The maximum atomic E-state index is 12.3. The van der Waals surface area contributed by atoms with Crippen LogP contribution in [0.2, 0.25) is 0 Å². The summed E-state index contributed by atoms with van der Waals surface area (Å²) in [5.74, 6) is -0.600. The number of aryl methyl sites for hydroxylation is 1. The zero-order chi connectivity index (χ0) is 16.6. The average Bonchev–Trinajstić information content (AvgIpc) is 2.86. The van der Waals surface area contributed by atoms with E-state index >= 15 is 0 Å². The van der Waals surface area contributed by atoms with Gasteiger partial charge in [0.15, 0.2) is 11.5 Å². The Bertz CT molecular complexity index is 881. The van der Waals surface area contributed by atoms with E-state index in [1.165, 1.54) is 12.1 Å². The molecule has 6 nitrogen and oxygen atoms in total. The fourth-order valence-corrected chi connectivity index (χ4v) is 3.66. The average molecular weight is 333 g/mol. The standard InChI is InChI=1S/C16H15NO5S/c1-10-14-12(18)8-5-9-13(14)22-15(10)16(19)17-23(20,21)11-6-3-2-4-7-11/h2-4,6-7H,5,8-9H2,1H3,(H,17,19). The number of Topliss-reactive ketones (excluding diaryl/α,β-unsaturated/α-hetero) is 1. The quantitative estimate of drug-likeness (QED) is 0.929. The van der Waals surface area contributed by atoms with Crippen LogP contribution in [0.25, 0.3) is 0 Å². The van der Waals surface area contributed by atoms with Crippen molar-refractivity contribution in [3.05, 3.63) is 53.0 Å². The molecule has 0 atom stereocenters. The molecule has 1 N–H and O–H groups in total. The van der Waals surface area contributed by atoms with Crippen molar-refractivity contribution in [3.8, 4) is 0 Å². The van der Waals surface area contributed by atoms with E-state index in [0.29, 0.717) is 36.1 Å². The summed E-state index contributed by atoms with van der Waals surface area (Å²) >= 11 is 0. The predicted molar refractivity (Wildman–Crippen MR) is 81.8 cm³/mol. The number of amides is 1. The van der Waals surface area contributed by atoms with Gasteiger partial charge in [-0.05, 0) is 25.5 Å². The molecule has 0 saturated heterocycles. The van der Waals surface area contributed by atoms with E-state index in [9.17, 15) is 18.0 Å². The van der Waals surface area contributed by atoms with E-state index in [2.05, 4.69) is 0 Å². The highest BCUT2D eigenvalue weighted by atomic mass is 32.2. The minimum atomic E-state index is -3.98. The summed E-state index contributed by atoms with van der Waals surface area (Å²) in [6, 6.07) is 7.58. The van der Waals surface area contributed by atoms with Crippen molar-refractivity contribution >= 4 is 21.7 Å². The van der Waals surface area contributed by atoms with Crippen molar-refractivity contribution < 1.29 is 22.4 Å². The van der Waals surface area contributed by atoms with Crippen molar-refractivity contribution in [2.24, 2.45) is 0 Å². The first-order valence-electron chi connectivity index (χ1n) is 7.18. The molecule has 23 heavy (non-hydrogen) atoms. The minimum Gasteiger partial charge on any atom is -0.455 e. The molecule has 1 aliphatic carbocycles. The van der Waals surface area contributed by atoms with Crippen LogP contribution in [0.4, 0.5) is 0 Å². The van der Waals surface area contributed by atoms with Gasteiger partial charge in [-0.15, -0.1) is 0 Å². The molecule has 0 spiro atoms. The highest BCUT2D eigenvalue weighted by Gasteiger charge is 2.30. The van der Waals surface area contributed by atoms with Gasteiger partial charge in [-0.2, -0.15) is 0 Å². The number of fused-ring (bicyclic) bond motifs is 1. The zero-order valence-corrected chi connectivity index (χ0v) is 13.3. The first-order chi connectivity index (χ1) is 10.9. The molecule has 3 rings (SSSR count). The third-order valence-corrected chi connectivity index (χ3v) is 5.14. The molecule has 1 heterocycles.